The second-order valence-electron chi connectivity index (χ2n) is 8.15. The van der Waals surface area contributed by atoms with Gasteiger partial charge >= 0.3 is 5.97 Å². The molecule has 6 N–H and O–H groups in total. The van der Waals surface area contributed by atoms with Crippen LogP contribution in [0.1, 0.15) is 56.6 Å². The van der Waals surface area contributed by atoms with Crippen LogP contribution in [0.15, 0.2) is 30.7 Å². The number of aliphatic carboxylic acids is 1. The Balaban J connectivity index is 2.28. The molecule has 0 aliphatic heterocycles. The molecule has 0 unspecified atom stereocenters. The van der Waals surface area contributed by atoms with E-state index in [1.807, 2.05) is 20.8 Å². The lowest BCUT2D eigenvalue weighted by Gasteiger charge is -2.21. The molecule has 0 saturated heterocycles. The van der Waals surface area contributed by atoms with Crippen LogP contribution in [-0.4, -0.2) is 44.9 Å². The van der Waals surface area contributed by atoms with Crippen LogP contribution in [0.4, 0.5) is 5.69 Å². The molecule has 0 aliphatic carbocycles. The van der Waals surface area contributed by atoms with Crippen LogP contribution in [-0.2, 0) is 16.2 Å². The number of ether oxygens (including phenoxy) is 1. The monoisotopic (exact) mass is 459 g/mol. The van der Waals surface area contributed by atoms with Crippen LogP contribution in [0.25, 0.3) is 0 Å². The lowest BCUT2D eigenvalue weighted by Crippen LogP contribution is -2.45. The minimum Gasteiger partial charge on any atom is -0.485 e. The summed E-state index contributed by atoms with van der Waals surface area (Å²) >= 11 is 0. The SMILES string of the molecule is CC[C@@H](C)[C@H](N)C(=O)Nc1ccc(C(=O)N[C@H](C(=O)O)[C@@H](C)CC)cc1OCc1cnc[nH]1. The largest absolute Gasteiger partial charge is 0.485 e. The van der Waals surface area contributed by atoms with Crippen LogP contribution in [0, 0.1) is 11.8 Å². The van der Waals surface area contributed by atoms with E-state index >= 15 is 0 Å². The Morgan fingerprint density at radius 2 is 1.88 bits per heavy atom. The summed E-state index contributed by atoms with van der Waals surface area (Å²) in [5.74, 6) is -2.03. The molecule has 0 bridgehead atoms. The second kappa shape index (κ2) is 12.0. The summed E-state index contributed by atoms with van der Waals surface area (Å²) in [6, 6.07) is 2.77. The summed E-state index contributed by atoms with van der Waals surface area (Å²) in [5.41, 5.74) is 7.29. The fourth-order valence-corrected chi connectivity index (χ4v) is 3.04. The number of hydrogen-bond donors (Lipinski definition) is 5. The maximum Gasteiger partial charge on any atom is 0.326 e. The maximum absolute atomic E-state index is 12.8. The van der Waals surface area contributed by atoms with E-state index in [1.54, 1.807) is 13.1 Å². The number of imidazole rings is 1. The van der Waals surface area contributed by atoms with Crippen molar-refractivity contribution >= 4 is 23.5 Å². The van der Waals surface area contributed by atoms with Gasteiger partial charge in [0.15, 0.2) is 0 Å². The molecule has 1 heterocycles. The summed E-state index contributed by atoms with van der Waals surface area (Å²) < 4.78 is 5.84. The molecule has 2 aromatic rings. The van der Waals surface area contributed by atoms with Crippen molar-refractivity contribution < 1.29 is 24.2 Å². The Labute approximate surface area is 193 Å². The van der Waals surface area contributed by atoms with Gasteiger partial charge in [-0.3, -0.25) is 9.59 Å². The zero-order valence-electron chi connectivity index (χ0n) is 19.4. The van der Waals surface area contributed by atoms with Gasteiger partial charge in [-0.15, -0.1) is 0 Å². The molecule has 0 saturated carbocycles. The predicted molar refractivity (Wildman–Crippen MR) is 124 cm³/mol. The molecule has 1 aromatic heterocycles. The van der Waals surface area contributed by atoms with Crippen molar-refractivity contribution in [3.63, 3.8) is 0 Å². The van der Waals surface area contributed by atoms with E-state index < -0.39 is 24.0 Å². The predicted octanol–water partition coefficient (Wildman–Crippen LogP) is 2.53. The number of amides is 2. The van der Waals surface area contributed by atoms with Gasteiger partial charge in [-0.2, -0.15) is 0 Å². The fourth-order valence-electron chi connectivity index (χ4n) is 3.04. The number of aromatic amines is 1. The average Bonchev–Trinajstić information content (AvgIpc) is 3.33. The van der Waals surface area contributed by atoms with E-state index in [2.05, 4.69) is 20.6 Å². The molecule has 4 atom stereocenters. The quantitative estimate of drug-likeness (QED) is 0.326. The number of nitrogens with zero attached hydrogens (tertiary/aromatic N) is 1. The highest BCUT2D eigenvalue weighted by Crippen LogP contribution is 2.28. The number of benzene rings is 1. The number of H-pyrrole nitrogens is 1. The van der Waals surface area contributed by atoms with Gasteiger partial charge in [0.2, 0.25) is 5.91 Å². The normalized spacial score (nSPS) is 14.6. The number of nitrogens with one attached hydrogen (secondary N) is 3. The lowest BCUT2D eigenvalue weighted by atomic mass is 9.98. The molecular formula is C23H33N5O5. The standard InChI is InChI=1S/C23H33N5O5/c1-5-13(3)19(24)22(30)27-17-8-7-15(9-18(17)33-11-16-10-25-12-26-16)21(29)28-20(23(31)32)14(4)6-2/h7-10,12-14,19-20H,5-6,11,24H2,1-4H3,(H,25,26)(H,27,30)(H,28,29)(H,31,32)/t13-,14+,19+,20+/m1/s1. The Kier molecular flexibility index (Phi) is 9.41. The molecule has 0 spiro atoms. The smallest absolute Gasteiger partial charge is 0.326 e. The molecule has 1 aromatic carbocycles. The van der Waals surface area contributed by atoms with Crippen molar-refractivity contribution in [1.82, 2.24) is 15.3 Å². The van der Waals surface area contributed by atoms with Crippen molar-refractivity contribution in [2.45, 2.75) is 59.2 Å². The number of carbonyl (C=O) groups excluding carboxylic acids is 2. The van der Waals surface area contributed by atoms with Gasteiger partial charge < -0.3 is 31.2 Å². The van der Waals surface area contributed by atoms with Crippen LogP contribution in [0.3, 0.4) is 0 Å². The molecule has 33 heavy (non-hydrogen) atoms. The van der Waals surface area contributed by atoms with Crippen LogP contribution < -0.4 is 21.1 Å². The third-order valence-corrected chi connectivity index (χ3v) is 5.77. The molecule has 2 amide bonds. The Bertz CT molecular complexity index is 947. The maximum atomic E-state index is 12.8. The van der Waals surface area contributed by atoms with Gasteiger partial charge in [-0.05, 0) is 30.0 Å². The summed E-state index contributed by atoms with van der Waals surface area (Å²) in [6.45, 7) is 7.58. The third-order valence-electron chi connectivity index (χ3n) is 5.77. The van der Waals surface area contributed by atoms with Crippen molar-refractivity contribution in [3.05, 3.63) is 42.0 Å². The highest BCUT2D eigenvalue weighted by molar-refractivity contribution is 6.00. The number of carbonyl (C=O) groups is 3. The van der Waals surface area contributed by atoms with Crippen LogP contribution in [0.2, 0.25) is 0 Å². The van der Waals surface area contributed by atoms with E-state index in [9.17, 15) is 19.5 Å². The molecule has 2 rings (SSSR count). The molecular weight excluding hydrogens is 426 g/mol. The van der Waals surface area contributed by atoms with Gasteiger partial charge in [-0.1, -0.05) is 40.5 Å². The number of rotatable bonds is 12. The number of carboxylic acids is 1. The number of aromatic nitrogens is 2. The van der Waals surface area contributed by atoms with Gasteiger partial charge in [0, 0.05) is 5.56 Å². The molecule has 0 radical (unpaired) electrons. The van der Waals surface area contributed by atoms with E-state index in [0.717, 1.165) is 6.42 Å². The molecule has 10 heteroatoms. The third kappa shape index (κ3) is 7.04. The van der Waals surface area contributed by atoms with E-state index in [1.165, 1.54) is 24.5 Å². The van der Waals surface area contributed by atoms with E-state index in [4.69, 9.17) is 10.5 Å². The molecule has 10 nitrogen and oxygen atoms in total. The van der Waals surface area contributed by atoms with Crippen molar-refractivity contribution in [2.75, 3.05) is 5.32 Å². The second-order valence-corrected chi connectivity index (χ2v) is 8.15. The van der Waals surface area contributed by atoms with Gasteiger partial charge in [0.25, 0.3) is 5.91 Å². The molecule has 0 aliphatic rings. The summed E-state index contributed by atoms with van der Waals surface area (Å²) in [6.07, 6.45) is 4.45. The molecule has 0 fully saturated rings. The number of hydrogen-bond acceptors (Lipinski definition) is 6. The van der Waals surface area contributed by atoms with Gasteiger partial charge in [0.05, 0.1) is 29.9 Å². The van der Waals surface area contributed by atoms with Crippen molar-refractivity contribution in [3.8, 4) is 5.75 Å². The van der Waals surface area contributed by atoms with E-state index in [0.29, 0.717) is 17.8 Å². The fraction of sp³-hybridized carbons (Fsp3) is 0.478. The van der Waals surface area contributed by atoms with Crippen molar-refractivity contribution in [1.29, 1.82) is 0 Å². The van der Waals surface area contributed by atoms with Crippen molar-refractivity contribution in [2.24, 2.45) is 17.6 Å². The highest BCUT2D eigenvalue weighted by atomic mass is 16.5. The first-order valence-electron chi connectivity index (χ1n) is 11.0. The summed E-state index contributed by atoms with van der Waals surface area (Å²) in [5, 5.41) is 14.8. The lowest BCUT2D eigenvalue weighted by molar-refractivity contribution is -0.140. The molecule has 180 valence electrons. The average molecular weight is 460 g/mol. The first-order valence-corrected chi connectivity index (χ1v) is 11.0. The van der Waals surface area contributed by atoms with Crippen LogP contribution >= 0.6 is 0 Å². The number of anilines is 1. The zero-order chi connectivity index (χ0) is 24.5. The highest BCUT2D eigenvalue weighted by Gasteiger charge is 2.26. The summed E-state index contributed by atoms with van der Waals surface area (Å²) in [7, 11) is 0. The summed E-state index contributed by atoms with van der Waals surface area (Å²) in [4.78, 5) is 43.8. The topological polar surface area (TPSA) is 159 Å². The Morgan fingerprint density at radius 1 is 1.18 bits per heavy atom. The Hall–Kier alpha value is -3.40. The number of nitrogens with two attached hydrogens (primary N) is 1. The van der Waals surface area contributed by atoms with Gasteiger partial charge in [-0.25, -0.2) is 9.78 Å². The first-order chi connectivity index (χ1) is 15.7. The number of carboxylic acid groups (broad SMARTS) is 1. The van der Waals surface area contributed by atoms with Gasteiger partial charge in [0.1, 0.15) is 18.4 Å². The minimum atomic E-state index is -1.10. The first kappa shape index (κ1) is 25.9. The van der Waals surface area contributed by atoms with E-state index in [-0.39, 0.29) is 35.7 Å². The van der Waals surface area contributed by atoms with Crippen LogP contribution in [0.5, 0.6) is 5.75 Å². The minimum absolute atomic E-state index is 0.0158. The Morgan fingerprint density at radius 3 is 2.45 bits per heavy atom. The zero-order valence-corrected chi connectivity index (χ0v) is 19.4.